The van der Waals surface area contributed by atoms with Gasteiger partial charge >= 0.3 is 0 Å². The van der Waals surface area contributed by atoms with Gasteiger partial charge in [-0.05, 0) is 37.3 Å². The molecule has 0 bridgehead atoms. The predicted octanol–water partition coefficient (Wildman–Crippen LogP) is 3.61. The van der Waals surface area contributed by atoms with E-state index in [1.165, 1.54) is 12.5 Å². The van der Waals surface area contributed by atoms with Crippen molar-refractivity contribution in [3.05, 3.63) is 58.7 Å². The summed E-state index contributed by atoms with van der Waals surface area (Å²) in [6.07, 6.45) is 2.96. The lowest BCUT2D eigenvalue weighted by Crippen LogP contribution is -2.14. The predicted molar refractivity (Wildman–Crippen MR) is 97.6 cm³/mol. The first-order valence-electron chi connectivity index (χ1n) is 7.73. The van der Waals surface area contributed by atoms with Crippen molar-refractivity contribution in [2.24, 2.45) is 0 Å². The van der Waals surface area contributed by atoms with Crippen LogP contribution in [0.4, 0.5) is 5.82 Å². The molecule has 4 rings (SSSR count). The summed E-state index contributed by atoms with van der Waals surface area (Å²) < 4.78 is 7.90. The third-order valence-electron chi connectivity index (χ3n) is 3.84. The van der Waals surface area contributed by atoms with E-state index in [0.29, 0.717) is 28.6 Å². The summed E-state index contributed by atoms with van der Waals surface area (Å²) in [6, 6.07) is 10.9. The third kappa shape index (κ3) is 2.91. The number of halogens is 1. The van der Waals surface area contributed by atoms with Gasteiger partial charge in [0.25, 0.3) is 0 Å². The average Bonchev–Trinajstić information content (AvgIpc) is 3.29. The topological polar surface area (TPSA) is 105 Å². The molecule has 0 aliphatic rings. The second-order valence-electron chi connectivity index (χ2n) is 5.58. The number of rotatable bonds is 4. The van der Waals surface area contributed by atoms with Crippen molar-refractivity contribution in [1.82, 2.24) is 24.9 Å². The number of aromatic nitrogens is 5. The van der Waals surface area contributed by atoms with E-state index in [1.807, 2.05) is 31.2 Å². The molecule has 1 aromatic carbocycles. The van der Waals surface area contributed by atoms with Gasteiger partial charge in [-0.1, -0.05) is 21.1 Å². The molecule has 0 spiro atoms. The van der Waals surface area contributed by atoms with Crippen molar-refractivity contribution in [2.45, 2.75) is 13.0 Å². The number of hydrogen-bond acceptors (Lipinski definition) is 7. The molecule has 0 aliphatic carbocycles. The zero-order valence-electron chi connectivity index (χ0n) is 13.6. The fraction of sp³-hybridized carbons (Fsp3) is 0.118. The molecule has 128 valence electrons. The SMILES string of the molecule is CC(Nc1noc2ccc(Br)cc12)c1ncnn1-c1ccc(C#N)cn1. The summed E-state index contributed by atoms with van der Waals surface area (Å²) in [6.45, 7) is 1.95. The minimum absolute atomic E-state index is 0.206. The highest BCUT2D eigenvalue weighted by atomic mass is 79.9. The van der Waals surface area contributed by atoms with Crippen LogP contribution in [0.1, 0.15) is 24.4 Å². The molecule has 26 heavy (non-hydrogen) atoms. The Hall–Kier alpha value is -3.25. The minimum atomic E-state index is -0.206. The molecule has 0 fully saturated rings. The van der Waals surface area contributed by atoms with E-state index >= 15 is 0 Å². The molecule has 9 heteroatoms. The Morgan fingerprint density at radius 3 is 2.92 bits per heavy atom. The lowest BCUT2D eigenvalue weighted by molar-refractivity contribution is 0.458. The summed E-state index contributed by atoms with van der Waals surface area (Å²) in [7, 11) is 0. The van der Waals surface area contributed by atoms with Gasteiger partial charge in [0.1, 0.15) is 12.4 Å². The smallest absolute Gasteiger partial charge is 0.177 e. The molecule has 4 aromatic rings. The average molecular weight is 410 g/mol. The van der Waals surface area contributed by atoms with Crippen molar-refractivity contribution < 1.29 is 4.52 Å². The van der Waals surface area contributed by atoms with Crippen molar-refractivity contribution >= 4 is 32.7 Å². The lowest BCUT2D eigenvalue weighted by atomic mass is 10.2. The second kappa shape index (κ2) is 6.57. The first-order valence-corrected chi connectivity index (χ1v) is 8.53. The molecule has 8 nitrogen and oxygen atoms in total. The van der Waals surface area contributed by atoms with Crippen LogP contribution in [0.25, 0.3) is 16.8 Å². The van der Waals surface area contributed by atoms with E-state index < -0.39 is 0 Å². The highest BCUT2D eigenvalue weighted by molar-refractivity contribution is 9.10. The lowest BCUT2D eigenvalue weighted by Gasteiger charge is -2.13. The van der Waals surface area contributed by atoms with Crippen molar-refractivity contribution in [3.63, 3.8) is 0 Å². The molecule has 0 saturated carbocycles. The Kier molecular flexibility index (Phi) is 4.10. The minimum Gasteiger partial charge on any atom is -0.357 e. The number of nitrogens with one attached hydrogen (secondary N) is 1. The summed E-state index contributed by atoms with van der Waals surface area (Å²) in [5.74, 6) is 1.86. The van der Waals surface area contributed by atoms with Crippen LogP contribution in [0.3, 0.4) is 0 Å². The van der Waals surface area contributed by atoms with Crippen LogP contribution in [0, 0.1) is 11.3 Å². The van der Waals surface area contributed by atoms with Crippen LogP contribution in [0.15, 0.2) is 51.9 Å². The van der Waals surface area contributed by atoms with Crippen LogP contribution in [0.5, 0.6) is 0 Å². The number of fused-ring (bicyclic) bond motifs is 1. The maximum absolute atomic E-state index is 8.90. The molecule has 3 aromatic heterocycles. The summed E-state index contributed by atoms with van der Waals surface area (Å²) in [5.41, 5.74) is 1.18. The maximum atomic E-state index is 8.90. The second-order valence-corrected chi connectivity index (χ2v) is 6.50. The van der Waals surface area contributed by atoms with Crippen molar-refractivity contribution in [1.29, 1.82) is 5.26 Å². The fourth-order valence-electron chi connectivity index (χ4n) is 2.58. The standard InChI is InChI=1S/C17H12BrN7O/c1-10(23-16-13-6-12(18)3-4-14(13)26-24-16)17-21-9-22-25(17)15-5-2-11(7-19)8-20-15/h2-6,8-10H,1H3,(H,23,24). The first kappa shape index (κ1) is 16.2. The van der Waals surface area contributed by atoms with E-state index in [0.717, 1.165) is 9.86 Å². The van der Waals surface area contributed by atoms with E-state index in [1.54, 1.807) is 16.8 Å². The Labute approximate surface area is 156 Å². The largest absolute Gasteiger partial charge is 0.357 e. The molecular weight excluding hydrogens is 398 g/mol. The van der Waals surface area contributed by atoms with Gasteiger partial charge < -0.3 is 9.84 Å². The normalized spacial score (nSPS) is 12.0. The first-order chi connectivity index (χ1) is 12.7. The van der Waals surface area contributed by atoms with Gasteiger partial charge in [0.2, 0.25) is 0 Å². The molecule has 0 amide bonds. The number of benzene rings is 1. The maximum Gasteiger partial charge on any atom is 0.177 e. The molecule has 0 saturated heterocycles. The van der Waals surface area contributed by atoms with Crippen molar-refractivity contribution in [2.75, 3.05) is 5.32 Å². The Balaban J connectivity index is 1.64. The van der Waals surface area contributed by atoms with Crippen molar-refractivity contribution in [3.8, 4) is 11.9 Å². The van der Waals surface area contributed by atoms with Gasteiger partial charge in [-0.25, -0.2) is 9.97 Å². The molecule has 1 unspecified atom stereocenters. The van der Waals surface area contributed by atoms with Gasteiger partial charge in [0, 0.05) is 10.7 Å². The van der Waals surface area contributed by atoms with Crippen LogP contribution >= 0.6 is 15.9 Å². The van der Waals surface area contributed by atoms with Gasteiger partial charge in [-0.15, -0.1) is 0 Å². The highest BCUT2D eigenvalue weighted by Gasteiger charge is 2.18. The van der Waals surface area contributed by atoms with Gasteiger partial charge in [0.15, 0.2) is 23.0 Å². The summed E-state index contributed by atoms with van der Waals surface area (Å²) in [5, 5.41) is 21.4. The monoisotopic (exact) mass is 409 g/mol. The Morgan fingerprint density at radius 2 is 2.15 bits per heavy atom. The fourth-order valence-corrected chi connectivity index (χ4v) is 2.95. The Morgan fingerprint density at radius 1 is 1.27 bits per heavy atom. The van der Waals surface area contributed by atoms with Crippen LogP contribution in [-0.4, -0.2) is 24.9 Å². The van der Waals surface area contributed by atoms with Crippen LogP contribution < -0.4 is 5.32 Å². The van der Waals surface area contributed by atoms with E-state index in [4.69, 9.17) is 9.78 Å². The summed E-state index contributed by atoms with van der Waals surface area (Å²) >= 11 is 3.46. The third-order valence-corrected chi connectivity index (χ3v) is 4.33. The van der Waals surface area contributed by atoms with Crippen LogP contribution in [0.2, 0.25) is 0 Å². The zero-order chi connectivity index (χ0) is 18.1. The van der Waals surface area contributed by atoms with E-state index in [2.05, 4.69) is 41.5 Å². The molecule has 3 heterocycles. The highest BCUT2D eigenvalue weighted by Crippen LogP contribution is 2.28. The molecule has 0 aliphatic heterocycles. The van der Waals surface area contributed by atoms with Crippen LogP contribution in [-0.2, 0) is 0 Å². The summed E-state index contributed by atoms with van der Waals surface area (Å²) in [4.78, 5) is 8.59. The number of hydrogen-bond donors (Lipinski definition) is 1. The quantitative estimate of drug-likeness (QED) is 0.548. The molecular formula is C17H12BrN7O. The van der Waals surface area contributed by atoms with Gasteiger partial charge in [-0.2, -0.15) is 15.0 Å². The van der Waals surface area contributed by atoms with E-state index in [-0.39, 0.29) is 6.04 Å². The number of pyridine rings is 1. The molecule has 1 atom stereocenters. The number of anilines is 1. The number of nitrogens with zero attached hydrogens (tertiary/aromatic N) is 6. The van der Waals surface area contributed by atoms with Gasteiger partial charge in [0.05, 0.1) is 17.0 Å². The van der Waals surface area contributed by atoms with Gasteiger partial charge in [-0.3, -0.25) is 0 Å². The Bertz CT molecular complexity index is 1110. The molecule has 1 N–H and O–H groups in total. The zero-order valence-corrected chi connectivity index (χ0v) is 15.2. The number of nitriles is 1. The van der Waals surface area contributed by atoms with E-state index in [9.17, 15) is 0 Å². The molecule has 0 radical (unpaired) electrons.